The standard InChI is InChI=1S/C17H12FNO2/c1-10-14(17(20)21)12-8-5-9-13(18)16(12)19-15(10)11-6-3-2-4-7-11/h2-9H,1H3,(H,20,21). The summed E-state index contributed by atoms with van der Waals surface area (Å²) in [6, 6.07) is 13.5. The van der Waals surface area contributed by atoms with Gasteiger partial charge in [0.2, 0.25) is 0 Å². The Hall–Kier alpha value is -2.75. The number of carboxylic acid groups (broad SMARTS) is 1. The number of pyridine rings is 1. The summed E-state index contributed by atoms with van der Waals surface area (Å²) in [6.45, 7) is 1.70. The second-order valence-corrected chi connectivity index (χ2v) is 4.77. The molecule has 3 nitrogen and oxygen atoms in total. The zero-order valence-corrected chi connectivity index (χ0v) is 11.3. The molecule has 1 aromatic heterocycles. The lowest BCUT2D eigenvalue weighted by atomic mass is 9.98. The van der Waals surface area contributed by atoms with Crippen molar-refractivity contribution < 1.29 is 14.3 Å². The molecule has 0 fully saturated rings. The summed E-state index contributed by atoms with van der Waals surface area (Å²) in [4.78, 5) is 15.9. The molecule has 0 spiro atoms. The van der Waals surface area contributed by atoms with Gasteiger partial charge in [-0.1, -0.05) is 42.5 Å². The van der Waals surface area contributed by atoms with Crippen molar-refractivity contribution in [2.75, 3.05) is 0 Å². The summed E-state index contributed by atoms with van der Waals surface area (Å²) in [5.41, 5.74) is 1.97. The summed E-state index contributed by atoms with van der Waals surface area (Å²) in [5, 5.41) is 9.79. The van der Waals surface area contributed by atoms with Crippen LogP contribution in [0.1, 0.15) is 15.9 Å². The molecule has 2 aromatic carbocycles. The van der Waals surface area contributed by atoms with Crippen LogP contribution in [0.2, 0.25) is 0 Å². The highest BCUT2D eigenvalue weighted by Crippen LogP contribution is 2.30. The molecule has 0 aliphatic rings. The first-order valence-corrected chi connectivity index (χ1v) is 6.47. The van der Waals surface area contributed by atoms with Gasteiger partial charge in [0.05, 0.1) is 11.3 Å². The van der Waals surface area contributed by atoms with E-state index < -0.39 is 11.8 Å². The average Bonchev–Trinajstić information content (AvgIpc) is 2.47. The van der Waals surface area contributed by atoms with Crippen LogP contribution >= 0.6 is 0 Å². The van der Waals surface area contributed by atoms with Gasteiger partial charge in [-0.2, -0.15) is 0 Å². The molecular weight excluding hydrogens is 269 g/mol. The fourth-order valence-electron chi connectivity index (χ4n) is 2.50. The maximum Gasteiger partial charge on any atom is 0.336 e. The highest BCUT2D eigenvalue weighted by atomic mass is 19.1. The smallest absolute Gasteiger partial charge is 0.336 e. The first-order chi connectivity index (χ1) is 10.1. The molecule has 0 atom stereocenters. The third-order valence-corrected chi connectivity index (χ3v) is 3.47. The molecule has 21 heavy (non-hydrogen) atoms. The van der Waals surface area contributed by atoms with E-state index in [0.29, 0.717) is 16.6 Å². The topological polar surface area (TPSA) is 50.2 Å². The van der Waals surface area contributed by atoms with Crippen molar-refractivity contribution in [2.45, 2.75) is 6.92 Å². The Balaban J connectivity index is 2.45. The number of hydrogen-bond donors (Lipinski definition) is 1. The Labute approximate surface area is 120 Å². The molecule has 3 aromatic rings. The minimum Gasteiger partial charge on any atom is -0.478 e. The van der Waals surface area contributed by atoms with Crippen LogP contribution in [0.5, 0.6) is 0 Å². The first-order valence-electron chi connectivity index (χ1n) is 6.47. The van der Waals surface area contributed by atoms with Crippen molar-refractivity contribution in [1.82, 2.24) is 4.98 Å². The van der Waals surface area contributed by atoms with Gasteiger partial charge in [0, 0.05) is 10.9 Å². The van der Waals surface area contributed by atoms with Crippen molar-refractivity contribution in [2.24, 2.45) is 0 Å². The Morgan fingerprint density at radius 3 is 2.48 bits per heavy atom. The molecule has 104 valence electrons. The minimum atomic E-state index is -1.08. The summed E-state index contributed by atoms with van der Waals surface area (Å²) >= 11 is 0. The van der Waals surface area contributed by atoms with Gasteiger partial charge in [-0.3, -0.25) is 0 Å². The number of rotatable bonds is 2. The molecule has 0 unspecified atom stereocenters. The summed E-state index contributed by atoms with van der Waals surface area (Å²) in [7, 11) is 0. The summed E-state index contributed by atoms with van der Waals surface area (Å²) in [6.07, 6.45) is 0. The monoisotopic (exact) mass is 281 g/mol. The van der Waals surface area contributed by atoms with Crippen LogP contribution < -0.4 is 0 Å². The fourth-order valence-corrected chi connectivity index (χ4v) is 2.50. The lowest BCUT2D eigenvalue weighted by Gasteiger charge is -2.12. The van der Waals surface area contributed by atoms with Crippen molar-refractivity contribution in [1.29, 1.82) is 0 Å². The molecule has 0 radical (unpaired) electrons. The Kier molecular flexibility index (Phi) is 3.14. The van der Waals surface area contributed by atoms with E-state index in [4.69, 9.17) is 0 Å². The Morgan fingerprint density at radius 1 is 1.10 bits per heavy atom. The van der Waals surface area contributed by atoms with Crippen molar-refractivity contribution in [3.63, 3.8) is 0 Å². The molecule has 0 saturated heterocycles. The normalized spacial score (nSPS) is 10.8. The highest BCUT2D eigenvalue weighted by molar-refractivity contribution is 6.05. The van der Waals surface area contributed by atoms with E-state index in [1.807, 2.05) is 30.3 Å². The number of hydrogen-bond acceptors (Lipinski definition) is 2. The van der Waals surface area contributed by atoms with E-state index in [1.165, 1.54) is 12.1 Å². The van der Waals surface area contributed by atoms with Crippen LogP contribution in [0, 0.1) is 12.7 Å². The van der Waals surface area contributed by atoms with Gasteiger partial charge in [-0.25, -0.2) is 14.2 Å². The second kappa shape index (κ2) is 4.98. The predicted octanol–water partition coefficient (Wildman–Crippen LogP) is 4.05. The van der Waals surface area contributed by atoms with Gasteiger partial charge in [-0.15, -0.1) is 0 Å². The molecule has 0 aliphatic carbocycles. The van der Waals surface area contributed by atoms with Crippen LogP contribution in [-0.2, 0) is 0 Å². The molecular formula is C17H12FNO2. The lowest BCUT2D eigenvalue weighted by molar-refractivity contribution is 0.0698. The van der Waals surface area contributed by atoms with Crippen LogP contribution in [-0.4, -0.2) is 16.1 Å². The molecule has 0 saturated carbocycles. The van der Waals surface area contributed by atoms with E-state index in [1.54, 1.807) is 13.0 Å². The van der Waals surface area contributed by atoms with Crippen molar-refractivity contribution in [3.05, 3.63) is 65.5 Å². The molecule has 1 N–H and O–H groups in total. The predicted molar refractivity (Wildman–Crippen MR) is 78.8 cm³/mol. The number of nitrogens with zero attached hydrogens (tertiary/aromatic N) is 1. The van der Waals surface area contributed by atoms with Crippen LogP contribution in [0.3, 0.4) is 0 Å². The Morgan fingerprint density at radius 2 is 1.81 bits per heavy atom. The minimum absolute atomic E-state index is 0.0827. The van der Waals surface area contributed by atoms with Crippen LogP contribution in [0.4, 0.5) is 4.39 Å². The lowest BCUT2D eigenvalue weighted by Crippen LogP contribution is -2.05. The quantitative estimate of drug-likeness (QED) is 0.771. The van der Waals surface area contributed by atoms with Gasteiger partial charge in [-0.05, 0) is 18.6 Å². The van der Waals surface area contributed by atoms with Gasteiger partial charge < -0.3 is 5.11 Å². The van der Waals surface area contributed by atoms with Gasteiger partial charge in [0.1, 0.15) is 11.3 Å². The number of para-hydroxylation sites is 1. The maximum atomic E-state index is 14.0. The number of aromatic nitrogens is 1. The largest absolute Gasteiger partial charge is 0.478 e. The number of aromatic carboxylic acids is 1. The molecule has 3 rings (SSSR count). The fraction of sp³-hybridized carbons (Fsp3) is 0.0588. The van der Waals surface area contributed by atoms with E-state index in [9.17, 15) is 14.3 Å². The molecule has 0 amide bonds. The van der Waals surface area contributed by atoms with Gasteiger partial charge in [0.25, 0.3) is 0 Å². The molecule has 4 heteroatoms. The number of benzene rings is 2. The maximum absolute atomic E-state index is 14.0. The average molecular weight is 281 g/mol. The van der Waals surface area contributed by atoms with E-state index in [-0.39, 0.29) is 11.1 Å². The van der Waals surface area contributed by atoms with Crippen LogP contribution in [0.15, 0.2) is 48.5 Å². The van der Waals surface area contributed by atoms with Crippen molar-refractivity contribution >= 4 is 16.9 Å². The summed E-state index contributed by atoms with van der Waals surface area (Å²) in [5.74, 6) is -1.60. The van der Waals surface area contributed by atoms with E-state index >= 15 is 0 Å². The number of halogens is 1. The number of carboxylic acids is 1. The van der Waals surface area contributed by atoms with E-state index in [0.717, 1.165) is 5.56 Å². The van der Waals surface area contributed by atoms with Crippen LogP contribution in [0.25, 0.3) is 22.2 Å². The second-order valence-electron chi connectivity index (χ2n) is 4.77. The first kappa shape index (κ1) is 13.2. The summed E-state index contributed by atoms with van der Waals surface area (Å²) < 4.78 is 14.0. The third kappa shape index (κ3) is 2.14. The van der Waals surface area contributed by atoms with Crippen molar-refractivity contribution in [3.8, 4) is 11.3 Å². The zero-order chi connectivity index (χ0) is 15.0. The highest BCUT2D eigenvalue weighted by Gasteiger charge is 2.19. The third-order valence-electron chi connectivity index (χ3n) is 3.47. The number of fused-ring (bicyclic) bond motifs is 1. The number of carbonyl (C=O) groups is 1. The molecule has 0 bridgehead atoms. The molecule has 1 heterocycles. The molecule has 0 aliphatic heterocycles. The van der Waals surface area contributed by atoms with E-state index in [2.05, 4.69) is 4.98 Å². The SMILES string of the molecule is Cc1c(-c2ccccc2)nc2c(F)cccc2c1C(=O)O. The zero-order valence-electron chi connectivity index (χ0n) is 11.3. The van der Waals surface area contributed by atoms with Gasteiger partial charge >= 0.3 is 5.97 Å². The van der Waals surface area contributed by atoms with Gasteiger partial charge in [0.15, 0.2) is 0 Å². The Bertz CT molecular complexity index is 844.